The predicted octanol–water partition coefficient (Wildman–Crippen LogP) is -0.105. The van der Waals surface area contributed by atoms with Gasteiger partial charge in [0.15, 0.2) is 0 Å². The SMILES string of the molecule is CCC(C)C(NC(=O)C(CS)NC(=O)C(NC(=O)C(C)N)C(C)CC)C(=O)O. The van der Waals surface area contributed by atoms with Gasteiger partial charge in [-0.05, 0) is 18.8 Å². The molecule has 6 atom stereocenters. The Balaban J connectivity index is 5.26. The molecule has 0 spiro atoms. The molecule has 0 aliphatic carbocycles. The van der Waals surface area contributed by atoms with Crippen LogP contribution in [0.2, 0.25) is 0 Å². The molecule has 0 saturated carbocycles. The van der Waals surface area contributed by atoms with Crippen molar-refractivity contribution in [3.63, 3.8) is 0 Å². The Morgan fingerprint density at radius 1 is 0.857 bits per heavy atom. The van der Waals surface area contributed by atoms with Gasteiger partial charge in [0.2, 0.25) is 17.7 Å². The Morgan fingerprint density at radius 3 is 1.71 bits per heavy atom. The van der Waals surface area contributed by atoms with E-state index in [1.54, 1.807) is 13.8 Å². The number of amides is 3. The number of carbonyl (C=O) groups excluding carboxylic acids is 3. The topological polar surface area (TPSA) is 151 Å². The van der Waals surface area contributed by atoms with E-state index in [9.17, 15) is 24.3 Å². The van der Waals surface area contributed by atoms with Crippen LogP contribution in [0.4, 0.5) is 0 Å². The fourth-order valence-electron chi connectivity index (χ4n) is 2.38. The van der Waals surface area contributed by atoms with Crippen LogP contribution in [-0.4, -0.2) is 58.7 Å². The van der Waals surface area contributed by atoms with Gasteiger partial charge in [0.1, 0.15) is 18.1 Å². The molecule has 10 heteroatoms. The summed E-state index contributed by atoms with van der Waals surface area (Å²) in [6.07, 6.45) is 1.18. The quantitative estimate of drug-likeness (QED) is 0.244. The third-order valence-electron chi connectivity index (χ3n) is 4.80. The van der Waals surface area contributed by atoms with Crippen LogP contribution in [0, 0.1) is 11.8 Å². The molecule has 0 aliphatic rings. The molecule has 6 unspecified atom stereocenters. The molecule has 0 aromatic rings. The zero-order valence-corrected chi connectivity index (χ0v) is 18.1. The number of hydrogen-bond donors (Lipinski definition) is 6. The van der Waals surface area contributed by atoms with E-state index in [4.69, 9.17) is 5.73 Å². The van der Waals surface area contributed by atoms with Crippen molar-refractivity contribution in [1.82, 2.24) is 16.0 Å². The number of carboxylic acids is 1. The van der Waals surface area contributed by atoms with E-state index in [1.165, 1.54) is 6.92 Å². The Kier molecular flexibility index (Phi) is 11.8. The van der Waals surface area contributed by atoms with Crippen molar-refractivity contribution in [1.29, 1.82) is 0 Å². The van der Waals surface area contributed by atoms with Crippen molar-refractivity contribution < 1.29 is 24.3 Å². The Bertz CT molecular complexity index is 558. The molecule has 0 fully saturated rings. The maximum absolute atomic E-state index is 12.7. The normalized spacial score (nSPS) is 17.4. The zero-order chi connectivity index (χ0) is 22.0. The average molecular weight is 419 g/mol. The van der Waals surface area contributed by atoms with Gasteiger partial charge >= 0.3 is 5.97 Å². The molecular weight excluding hydrogens is 384 g/mol. The van der Waals surface area contributed by atoms with E-state index < -0.39 is 47.9 Å². The van der Waals surface area contributed by atoms with Gasteiger partial charge in [-0.25, -0.2) is 4.79 Å². The van der Waals surface area contributed by atoms with Crippen LogP contribution in [0.15, 0.2) is 0 Å². The Hall–Kier alpha value is -1.81. The van der Waals surface area contributed by atoms with Crippen LogP contribution in [0.1, 0.15) is 47.5 Å². The van der Waals surface area contributed by atoms with Crippen LogP contribution in [0.25, 0.3) is 0 Å². The summed E-state index contributed by atoms with van der Waals surface area (Å²) in [6, 6.07) is -3.76. The highest BCUT2D eigenvalue weighted by molar-refractivity contribution is 7.80. The van der Waals surface area contributed by atoms with E-state index >= 15 is 0 Å². The minimum Gasteiger partial charge on any atom is -0.480 e. The number of carbonyl (C=O) groups is 4. The van der Waals surface area contributed by atoms with E-state index in [0.29, 0.717) is 12.8 Å². The highest BCUT2D eigenvalue weighted by Crippen LogP contribution is 2.10. The highest BCUT2D eigenvalue weighted by atomic mass is 32.1. The first-order chi connectivity index (χ1) is 13.0. The Labute approximate surface area is 172 Å². The number of thiol groups is 1. The average Bonchev–Trinajstić information content (AvgIpc) is 2.65. The molecule has 0 heterocycles. The van der Waals surface area contributed by atoms with Crippen LogP contribution in [-0.2, 0) is 19.2 Å². The monoisotopic (exact) mass is 418 g/mol. The molecule has 162 valence electrons. The molecule has 28 heavy (non-hydrogen) atoms. The molecule has 0 radical (unpaired) electrons. The molecule has 3 amide bonds. The lowest BCUT2D eigenvalue weighted by Crippen LogP contribution is -2.59. The van der Waals surface area contributed by atoms with E-state index in [-0.39, 0.29) is 17.6 Å². The minimum absolute atomic E-state index is 0.0289. The second-order valence-corrected chi connectivity index (χ2v) is 7.48. The molecule has 6 N–H and O–H groups in total. The fourth-order valence-corrected chi connectivity index (χ4v) is 2.64. The van der Waals surface area contributed by atoms with Gasteiger partial charge in [-0.3, -0.25) is 14.4 Å². The minimum atomic E-state index is -1.14. The predicted molar refractivity (Wildman–Crippen MR) is 110 cm³/mol. The molecular formula is C18H34N4O5S. The van der Waals surface area contributed by atoms with Crippen molar-refractivity contribution in [2.75, 3.05) is 5.75 Å². The Morgan fingerprint density at radius 2 is 1.32 bits per heavy atom. The molecule has 0 bridgehead atoms. The first-order valence-corrected chi connectivity index (χ1v) is 10.1. The first-order valence-electron chi connectivity index (χ1n) is 9.50. The summed E-state index contributed by atoms with van der Waals surface area (Å²) < 4.78 is 0. The van der Waals surface area contributed by atoms with Gasteiger partial charge in [-0.1, -0.05) is 40.5 Å². The van der Waals surface area contributed by atoms with E-state index in [0.717, 1.165) is 0 Å². The standard InChI is InChI=1S/C18H34N4O5S/c1-6-9(3)13(21-15(23)11(5)19)17(25)20-12(8-28)16(24)22-14(18(26)27)10(4)7-2/h9-14,28H,6-8,19H2,1-5H3,(H,20,25)(H,21,23)(H,22,24)(H,26,27). The number of rotatable bonds is 12. The lowest BCUT2D eigenvalue weighted by molar-refractivity contribution is -0.143. The van der Waals surface area contributed by atoms with Crippen molar-refractivity contribution in [3.05, 3.63) is 0 Å². The maximum Gasteiger partial charge on any atom is 0.326 e. The van der Waals surface area contributed by atoms with Crippen LogP contribution in [0.5, 0.6) is 0 Å². The van der Waals surface area contributed by atoms with Crippen molar-refractivity contribution in [2.24, 2.45) is 17.6 Å². The van der Waals surface area contributed by atoms with Crippen molar-refractivity contribution >= 4 is 36.3 Å². The lowest BCUT2D eigenvalue weighted by atomic mass is 9.97. The van der Waals surface area contributed by atoms with Crippen LogP contribution in [0.3, 0.4) is 0 Å². The van der Waals surface area contributed by atoms with Gasteiger partial charge < -0.3 is 26.8 Å². The van der Waals surface area contributed by atoms with Crippen molar-refractivity contribution in [3.8, 4) is 0 Å². The summed E-state index contributed by atoms with van der Waals surface area (Å²) in [5.74, 6) is -3.32. The third kappa shape index (κ3) is 8.05. The largest absolute Gasteiger partial charge is 0.480 e. The maximum atomic E-state index is 12.7. The second-order valence-electron chi connectivity index (χ2n) is 7.11. The summed E-state index contributed by atoms with van der Waals surface area (Å²) in [6.45, 7) is 8.71. The summed E-state index contributed by atoms with van der Waals surface area (Å²) in [7, 11) is 0. The highest BCUT2D eigenvalue weighted by Gasteiger charge is 2.32. The summed E-state index contributed by atoms with van der Waals surface area (Å²) >= 11 is 4.09. The van der Waals surface area contributed by atoms with Gasteiger partial charge in [0.25, 0.3) is 0 Å². The molecule has 0 aromatic heterocycles. The second kappa shape index (κ2) is 12.6. The van der Waals surface area contributed by atoms with Crippen LogP contribution >= 0.6 is 12.6 Å². The van der Waals surface area contributed by atoms with Gasteiger partial charge in [-0.15, -0.1) is 0 Å². The van der Waals surface area contributed by atoms with Crippen molar-refractivity contribution in [2.45, 2.75) is 71.6 Å². The van der Waals surface area contributed by atoms with Crippen LogP contribution < -0.4 is 21.7 Å². The van der Waals surface area contributed by atoms with Gasteiger partial charge in [0, 0.05) is 5.75 Å². The van der Waals surface area contributed by atoms with Gasteiger partial charge in [-0.2, -0.15) is 12.6 Å². The number of nitrogens with two attached hydrogens (primary N) is 1. The number of carboxylic acid groups (broad SMARTS) is 1. The first kappa shape index (κ1) is 26.2. The van der Waals surface area contributed by atoms with E-state index in [1.807, 2.05) is 13.8 Å². The zero-order valence-electron chi connectivity index (χ0n) is 17.2. The lowest BCUT2D eigenvalue weighted by Gasteiger charge is -2.27. The molecule has 0 saturated heterocycles. The van der Waals surface area contributed by atoms with Gasteiger partial charge in [0.05, 0.1) is 6.04 Å². The fraction of sp³-hybridized carbons (Fsp3) is 0.778. The summed E-state index contributed by atoms with van der Waals surface area (Å²) in [4.78, 5) is 48.5. The number of nitrogens with one attached hydrogen (secondary N) is 3. The molecule has 0 aromatic carbocycles. The molecule has 0 rings (SSSR count). The number of aliphatic carboxylic acids is 1. The summed E-state index contributed by atoms with van der Waals surface area (Å²) in [5, 5.41) is 16.9. The molecule has 9 nitrogen and oxygen atoms in total. The smallest absolute Gasteiger partial charge is 0.326 e. The van der Waals surface area contributed by atoms with E-state index in [2.05, 4.69) is 28.6 Å². The number of hydrogen-bond acceptors (Lipinski definition) is 6. The third-order valence-corrected chi connectivity index (χ3v) is 5.16. The summed E-state index contributed by atoms with van der Waals surface area (Å²) in [5.41, 5.74) is 5.55. The molecule has 0 aliphatic heterocycles.